The lowest BCUT2D eigenvalue weighted by atomic mass is 9.89. The molecule has 2 aromatic carbocycles. The zero-order valence-electron chi connectivity index (χ0n) is 11.7. The van der Waals surface area contributed by atoms with Gasteiger partial charge in [0.1, 0.15) is 0 Å². The van der Waals surface area contributed by atoms with E-state index in [1.54, 1.807) is 24.3 Å². The number of benzene rings is 2. The maximum absolute atomic E-state index is 11.9. The predicted molar refractivity (Wildman–Crippen MR) is 84.1 cm³/mol. The van der Waals surface area contributed by atoms with Crippen LogP contribution in [-0.2, 0) is 0 Å². The van der Waals surface area contributed by atoms with Gasteiger partial charge in [-0.2, -0.15) is 0 Å². The standard InChI is InChI=1S/C18H16O2/c1-5-13-7-9-16(12(4)20)18-14(6-2)8-10-15(11(3)19)17(13)18/h5-10H,1-2H2,3-4H3. The number of carbonyl (C=O) groups excluding carboxylic acids is 2. The van der Waals surface area contributed by atoms with Crippen LogP contribution in [0.4, 0.5) is 0 Å². The molecular formula is C18H16O2. The number of carbonyl (C=O) groups is 2. The van der Waals surface area contributed by atoms with Crippen molar-refractivity contribution in [3.05, 3.63) is 59.7 Å². The summed E-state index contributed by atoms with van der Waals surface area (Å²) in [5.41, 5.74) is 2.89. The van der Waals surface area contributed by atoms with Gasteiger partial charge in [0.25, 0.3) is 0 Å². The Hall–Kier alpha value is -2.48. The minimum Gasteiger partial charge on any atom is -0.294 e. The van der Waals surface area contributed by atoms with Gasteiger partial charge in [-0.15, -0.1) is 0 Å². The predicted octanol–water partition coefficient (Wildman–Crippen LogP) is 4.53. The second-order valence-corrected chi connectivity index (χ2v) is 4.68. The molecule has 0 radical (unpaired) electrons. The third-order valence-corrected chi connectivity index (χ3v) is 3.42. The van der Waals surface area contributed by atoms with Crippen LogP contribution in [0.15, 0.2) is 37.4 Å². The molecule has 0 saturated heterocycles. The van der Waals surface area contributed by atoms with Crippen molar-refractivity contribution in [1.29, 1.82) is 0 Å². The molecule has 0 aliphatic carbocycles. The summed E-state index contributed by atoms with van der Waals surface area (Å²) in [6, 6.07) is 7.20. The summed E-state index contributed by atoms with van der Waals surface area (Å²) < 4.78 is 0. The van der Waals surface area contributed by atoms with Crippen LogP contribution in [0.25, 0.3) is 22.9 Å². The van der Waals surface area contributed by atoms with Gasteiger partial charge in [0.05, 0.1) is 0 Å². The first kappa shape index (κ1) is 13.9. The number of ketones is 2. The first-order valence-electron chi connectivity index (χ1n) is 6.37. The van der Waals surface area contributed by atoms with Gasteiger partial charge in [0.15, 0.2) is 11.6 Å². The van der Waals surface area contributed by atoms with E-state index >= 15 is 0 Å². The fourth-order valence-corrected chi connectivity index (χ4v) is 2.48. The van der Waals surface area contributed by atoms with E-state index in [2.05, 4.69) is 13.2 Å². The third-order valence-electron chi connectivity index (χ3n) is 3.42. The van der Waals surface area contributed by atoms with Gasteiger partial charge in [-0.1, -0.05) is 49.6 Å². The summed E-state index contributed by atoms with van der Waals surface area (Å²) >= 11 is 0. The van der Waals surface area contributed by atoms with E-state index in [9.17, 15) is 9.59 Å². The minimum absolute atomic E-state index is 0.0329. The fraction of sp³-hybridized carbons (Fsp3) is 0.111. The number of hydrogen-bond donors (Lipinski definition) is 0. The van der Waals surface area contributed by atoms with Crippen molar-refractivity contribution >= 4 is 34.5 Å². The Labute approximate surface area is 118 Å². The van der Waals surface area contributed by atoms with E-state index in [0.717, 1.165) is 21.9 Å². The van der Waals surface area contributed by atoms with Crippen LogP contribution in [0.2, 0.25) is 0 Å². The highest BCUT2D eigenvalue weighted by molar-refractivity contribution is 6.17. The summed E-state index contributed by atoms with van der Waals surface area (Å²) in [6.07, 6.45) is 3.40. The Morgan fingerprint density at radius 1 is 0.800 bits per heavy atom. The van der Waals surface area contributed by atoms with Crippen molar-refractivity contribution in [3.8, 4) is 0 Å². The van der Waals surface area contributed by atoms with E-state index in [0.29, 0.717) is 11.1 Å². The molecule has 0 aliphatic heterocycles. The SMILES string of the molecule is C=Cc1ccc(C(C)=O)c2c(C=C)ccc(C(C)=O)c12. The number of fused-ring (bicyclic) bond motifs is 1. The highest BCUT2D eigenvalue weighted by Gasteiger charge is 2.16. The largest absolute Gasteiger partial charge is 0.294 e. The molecule has 0 saturated carbocycles. The fourth-order valence-electron chi connectivity index (χ4n) is 2.48. The number of rotatable bonds is 4. The average molecular weight is 264 g/mol. The second-order valence-electron chi connectivity index (χ2n) is 4.68. The van der Waals surface area contributed by atoms with Crippen LogP contribution in [-0.4, -0.2) is 11.6 Å². The van der Waals surface area contributed by atoms with Crippen LogP contribution in [0.3, 0.4) is 0 Å². The summed E-state index contributed by atoms with van der Waals surface area (Å²) in [7, 11) is 0. The van der Waals surface area contributed by atoms with E-state index in [-0.39, 0.29) is 11.6 Å². The monoisotopic (exact) mass is 264 g/mol. The average Bonchev–Trinajstić information content (AvgIpc) is 2.44. The minimum atomic E-state index is -0.0329. The summed E-state index contributed by atoms with van der Waals surface area (Å²) in [5, 5.41) is 1.55. The zero-order chi connectivity index (χ0) is 14.9. The molecule has 0 amide bonds. The van der Waals surface area contributed by atoms with E-state index in [1.807, 2.05) is 12.1 Å². The highest BCUT2D eigenvalue weighted by Crippen LogP contribution is 2.31. The molecule has 20 heavy (non-hydrogen) atoms. The Kier molecular flexibility index (Phi) is 3.66. The van der Waals surface area contributed by atoms with E-state index in [4.69, 9.17) is 0 Å². The van der Waals surface area contributed by atoms with Crippen molar-refractivity contribution in [2.75, 3.05) is 0 Å². The maximum atomic E-state index is 11.9. The molecule has 0 atom stereocenters. The van der Waals surface area contributed by atoms with E-state index < -0.39 is 0 Å². The van der Waals surface area contributed by atoms with E-state index in [1.165, 1.54) is 13.8 Å². The zero-order valence-corrected chi connectivity index (χ0v) is 11.7. The van der Waals surface area contributed by atoms with Gasteiger partial charge < -0.3 is 0 Å². The number of hydrogen-bond acceptors (Lipinski definition) is 2. The molecule has 0 aromatic heterocycles. The van der Waals surface area contributed by atoms with Crippen LogP contribution in [0.5, 0.6) is 0 Å². The second kappa shape index (κ2) is 5.25. The number of Topliss-reactive ketones (excluding diaryl/α,β-unsaturated/α-hetero) is 2. The molecule has 100 valence electrons. The topological polar surface area (TPSA) is 34.1 Å². The molecule has 0 heterocycles. The lowest BCUT2D eigenvalue weighted by Gasteiger charge is -2.13. The lowest BCUT2D eigenvalue weighted by Crippen LogP contribution is -2.02. The molecule has 2 nitrogen and oxygen atoms in total. The summed E-state index contributed by atoms with van der Waals surface area (Å²) in [4.78, 5) is 23.7. The van der Waals surface area contributed by atoms with Crippen molar-refractivity contribution in [3.63, 3.8) is 0 Å². The molecule has 0 aliphatic rings. The van der Waals surface area contributed by atoms with Crippen molar-refractivity contribution < 1.29 is 9.59 Å². The Balaban J connectivity index is 3.12. The third kappa shape index (κ3) is 2.10. The molecule has 2 aromatic rings. The van der Waals surface area contributed by atoms with Crippen LogP contribution >= 0.6 is 0 Å². The van der Waals surface area contributed by atoms with Crippen molar-refractivity contribution in [2.45, 2.75) is 13.8 Å². The summed E-state index contributed by atoms with van der Waals surface area (Å²) in [5.74, 6) is -0.0659. The van der Waals surface area contributed by atoms with Gasteiger partial charge in [-0.05, 0) is 25.0 Å². The van der Waals surface area contributed by atoms with Gasteiger partial charge in [-0.25, -0.2) is 0 Å². The van der Waals surface area contributed by atoms with Crippen LogP contribution in [0.1, 0.15) is 45.7 Å². The smallest absolute Gasteiger partial charge is 0.160 e. The molecule has 0 spiro atoms. The normalized spacial score (nSPS) is 10.3. The first-order chi connectivity index (χ1) is 9.51. The Morgan fingerprint density at radius 2 is 1.15 bits per heavy atom. The Bertz CT molecular complexity index is 686. The van der Waals surface area contributed by atoms with Gasteiger partial charge in [-0.3, -0.25) is 9.59 Å². The molecule has 0 unspecified atom stereocenters. The van der Waals surface area contributed by atoms with Gasteiger partial charge in [0, 0.05) is 21.9 Å². The van der Waals surface area contributed by atoms with Gasteiger partial charge >= 0.3 is 0 Å². The van der Waals surface area contributed by atoms with Crippen molar-refractivity contribution in [1.82, 2.24) is 0 Å². The van der Waals surface area contributed by atoms with Gasteiger partial charge in [0.2, 0.25) is 0 Å². The molecule has 0 N–H and O–H groups in total. The first-order valence-corrected chi connectivity index (χ1v) is 6.37. The Morgan fingerprint density at radius 3 is 1.40 bits per heavy atom. The summed E-state index contributed by atoms with van der Waals surface area (Å²) in [6.45, 7) is 10.6. The highest BCUT2D eigenvalue weighted by atomic mass is 16.1. The molecule has 2 rings (SSSR count). The molecule has 0 fully saturated rings. The van der Waals surface area contributed by atoms with Crippen molar-refractivity contribution in [2.24, 2.45) is 0 Å². The van der Waals surface area contributed by atoms with Crippen LogP contribution < -0.4 is 0 Å². The molecule has 0 bridgehead atoms. The van der Waals surface area contributed by atoms with Crippen LogP contribution in [0, 0.1) is 0 Å². The maximum Gasteiger partial charge on any atom is 0.160 e. The lowest BCUT2D eigenvalue weighted by molar-refractivity contribution is 0.100. The molecular weight excluding hydrogens is 248 g/mol. The molecule has 2 heteroatoms. The quantitative estimate of drug-likeness (QED) is 0.760.